The van der Waals surface area contributed by atoms with Crippen molar-refractivity contribution in [2.75, 3.05) is 19.0 Å². The second-order valence-corrected chi connectivity index (χ2v) is 8.15. The first kappa shape index (κ1) is 21.1. The average molecular weight is 409 g/mol. The Morgan fingerprint density at radius 3 is 2.48 bits per heavy atom. The summed E-state index contributed by atoms with van der Waals surface area (Å²) < 4.78 is 5.26. The molecule has 0 fully saturated rings. The van der Waals surface area contributed by atoms with Crippen LogP contribution in [0.1, 0.15) is 23.8 Å². The minimum atomic E-state index is 0.0410. The van der Waals surface area contributed by atoms with Crippen LogP contribution in [-0.2, 0) is 17.8 Å². The molecule has 1 unspecified atom stereocenters. The van der Waals surface area contributed by atoms with Gasteiger partial charge in [-0.25, -0.2) is 0 Å². The van der Waals surface area contributed by atoms with Crippen LogP contribution in [0.5, 0.6) is 5.75 Å². The van der Waals surface area contributed by atoms with Crippen LogP contribution in [0.4, 0.5) is 5.69 Å². The van der Waals surface area contributed by atoms with Crippen molar-refractivity contribution < 1.29 is 9.53 Å². The normalized spacial score (nSPS) is 12.0. The maximum absolute atomic E-state index is 12.4. The summed E-state index contributed by atoms with van der Waals surface area (Å²) in [6, 6.07) is 22.4. The Bertz CT molecular complexity index is 864. The number of rotatable bonds is 10. The van der Waals surface area contributed by atoms with E-state index in [0.717, 1.165) is 24.4 Å². The topological polar surface area (TPSA) is 41.6 Å². The first-order chi connectivity index (χ1) is 14.1. The lowest BCUT2D eigenvalue weighted by molar-refractivity contribution is -0.116. The SMILES string of the molecule is COc1ccc(CN(CCC(=O)Nc2ccccc2)C(C)Cc2cccs2)cc1. The third-order valence-corrected chi connectivity index (χ3v) is 5.83. The monoisotopic (exact) mass is 408 g/mol. The Hall–Kier alpha value is -2.63. The van der Waals surface area contributed by atoms with Crippen LogP contribution < -0.4 is 10.1 Å². The Kier molecular flexibility index (Phi) is 7.85. The number of hydrogen-bond donors (Lipinski definition) is 1. The fourth-order valence-corrected chi connectivity index (χ4v) is 4.09. The van der Waals surface area contributed by atoms with E-state index in [9.17, 15) is 4.79 Å². The molecule has 0 spiro atoms. The fourth-order valence-electron chi connectivity index (χ4n) is 3.26. The molecule has 29 heavy (non-hydrogen) atoms. The Morgan fingerprint density at radius 2 is 1.83 bits per heavy atom. The largest absolute Gasteiger partial charge is 0.497 e. The summed E-state index contributed by atoms with van der Waals surface area (Å²) in [6.45, 7) is 3.74. The van der Waals surface area contributed by atoms with Gasteiger partial charge in [0.05, 0.1) is 7.11 Å². The van der Waals surface area contributed by atoms with Gasteiger partial charge in [-0.05, 0) is 54.6 Å². The van der Waals surface area contributed by atoms with Gasteiger partial charge in [-0.1, -0.05) is 36.4 Å². The maximum atomic E-state index is 12.4. The number of carbonyl (C=O) groups excluding carboxylic acids is 1. The molecule has 0 bridgehead atoms. The number of hydrogen-bond acceptors (Lipinski definition) is 4. The summed E-state index contributed by atoms with van der Waals surface area (Å²) in [5, 5.41) is 5.09. The second kappa shape index (κ2) is 10.8. The molecule has 0 aliphatic heterocycles. The van der Waals surface area contributed by atoms with Gasteiger partial charge >= 0.3 is 0 Å². The van der Waals surface area contributed by atoms with Gasteiger partial charge < -0.3 is 10.1 Å². The molecular weight excluding hydrogens is 380 g/mol. The molecule has 0 radical (unpaired) electrons. The highest BCUT2D eigenvalue weighted by atomic mass is 32.1. The lowest BCUT2D eigenvalue weighted by Crippen LogP contribution is -2.36. The van der Waals surface area contributed by atoms with Crippen LogP contribution >= 0.6 is 11.3 Å². The molecule has 1 aromatic heterocycles. The second-order valence-electron chi connectivity index (χ2n) is 7.12. The van der Waals surface area contributed by atoms with Gasteiger partial charge in [0.2, 0.25) is 5.91 Å². The molecule has 0 saturated carbocycles. The molecule has 1 N–H and O–H groups in total. The third-order valence-electron chi connectivity index (χ3n) is 4.93. The van der Waals surface area contributed by atoms with Crippen molar-refractivity contribution in [3.05, 3.63) is 82.6 Å². The molecule has 2 aromatic carbocycles. The van der Waals surface area contributed by atoms with Gasteiger partial charge in [0.25, 0.3) is 0 Å². The number of thiophene rings is 1. The molecule has 5 heteroatoms. The van der Waals surface area contributed by atoms with E-state index in [0.29, 0.717) is 19.0 Å². The minimum absolute atomic E-state index is 0.0410. The van der Waals surface area contributed by atoms with E-state index in [1.807, 2.05) is 42.5 Å². The molecule has 3 rings (SSSR count). The lowest BCUT2D eigenvalue weighted by Gasteiger charge is -2.29. The van der Waals surface area contributed by atoms with Crippen LogP contribution in [0, 0.1) is 0 Å². The molecule has 0 saturated heterocycles. The van der Waals surface area contributed by atoms with Gasteiger partial charge in [0, 0.05) is 36.1 Å². The number of anilines is 1. The third kappa shape index (κ3) is 6.73. The maximum Gasteiger partial charge on any atom is 0.225 e. The molecule has 3 aromatic rings. The zero-order valence-electron chi connectivity index (χ0n) is 17.0. The smallest absolute Gasteiger partial charge is 0.225 e. The molecule has 4 nitrogen and oxygen atoms in total. The minimum Gasteiger partial charge on any atom is -0.497 e. The van der Waals surface area contributed by atoms with Crippen molar-refractivity contribution in [1.82, 2.24) is 4.90 Å². The number of amides is 1. The Labute approximate surface area is 177 Å². The number of carbonyl (C=O) groups is 1. The summed E-state index contributed by atoms with van der Waals surface area (Å²) in [4.78, 5) is 16.2. The number of ether oxygens (including phenoxy) is 1. The van der Waals surface area contributed by atoms with Gasteiger partial charge in [-0.15, -0.1) is 11.3 Å². The standard InChI is InChI=1S/C24H28N2O2S/c1-19(17-23-9-6-16-29-23)26(18-20-10-12-22(28-2)13-11-20)15-14-24(27)25-21-7-4-3-5-8-21/h3-13,16,19H,14-15,17-18H2,1-2H3,(H,25,27). The van der Waals surface area contributed by atoms with Gasteiger partial charge in [0.15, 0.2) is 0 Å². The number of para-hydroxylation sites is 1. The van der Waals surface area contributed by atoms with Gasteiger partial charge in [0.1, 0.15) is 5.75 Å². The van der Waals surface area contributed by atoms with Crippen molar-refractivity contribution in [2.45, 2.75) is 32.4 Å². The molecule has 152 valence electrons. The van der Waals surface area contributed by atoms with Gasteiger partial charge in [-0.3, -0.25) is 9.69 Å². The predicted molar refractivity (Wildman–Crippen MR) is 121 cm³/mol. The van der Waals surface area contributed by atoms with E-state index in [1.165, 1.54) is 10.4 Å². The molecular formula is C24H28N2O2S. The lowest BCUT2D eigenvalue weighted by atomic mass is 10.1. The van der Waals surface area contributed by atoms with E-state index in [2.05, 4.69) is 46.8 Å². The van der Waals surface area contributed by atoms with Crippen LogP contribution in [0.15, 0.2) is 72.1 Å². The van der Waals surface area contributed by atoms with Crippen LogP contribution in [-0.4, -0.2) is 30.5 Å². The van der Waals surface area contributed by atoms with Gasteiger partial charge in [-0.2, -0.15) is 0 Å². The highest BCUT2D eigenvalue weighted by Crippen LogP contribution is 2.19. The van der Waals surface area contributed by atoms with Crippen molar-refractivity contribution in [3.63, 3.8) is 0 Å². The number of methoxy groups -OCH3 is 1. The summed E-state index contributed by atoms with van der Waals surface area (Å²) in [7, 11) is 1.68. The van der Waals surface area contributed by atoms with Crippen LogP contribution in [0.3, 0.4) is 0 Å². The highest BCUT2D eigenvalue weighted by molar-refractivity contribution is 7.09. The molecule has 0 aliphatic carbocycles. The van der Waals surface area contributed by atoms with E-state index >= 15 is 0 Å². The molecule has 1 amide bonds. The van der Waals surface area contributed by atoms with Crippen molar-refractivity contribution in [3.8, 4) is 5.75 Å². The summed E-state index contributed by atoms with van der Waals surface area (Å²) >= 11 is 1.78. The van der Waals surface area contributed by atoms with E-state index < -0.39 is 0 Å². The molecule has 1 atom stereocenters. The highest BCUT2D eigenvalue weighted by Gasteiger charge is 2.17. The molecule has 0 aliphatic rings. The van der Waals surface area contributed by atoms with E-state index in [4.69, 9.17) is 4.74 Å². The predicted octanol–water partition coefficient (Wildman–Crippen LogP) is 5.22. The number of nitrogens with one attached hydrogen (secondary N) is 1. The van der Waals surface area contributed by atoms with Crippen LogP contribution in [0.2, 0.25) is 0 Å². The number of benzene rings is 2. The zero-order chi connectivity index (χ0) is 20.5. The zero-order valence-corrected chi connectivity index (χ0v) is 17.8. The number of nitrogens with zero attached hydrogens (tertiary/aromatic N) is 1. The van der Waals surface area contributed by atoms with Crippen molar-refractivity contribution >= 4 is 22.9 Å². The first-order valence-corrected chi connectivity index (χ1v) is 10.8. The summed E-state index contributed by atoms with van der Waals surface area (Å²) in [6.07, 6.45) is 1.44. The molecule has 1 heterocycles. The fraction of sp³-hybridized carbons (Fsp3) is 0.292. The Morgan fingerprint density at radius 1 is 1.07 bits per heavy atom. The summed E-state index contributed by atoms with van der Waals surface area (Å²) in [5.41, 5.74) is 2.05. The van der Waals surface area contributed by atoms with Crippen molar-refractivity contribution in [1.29, 1.82) is 0 Å². The average Bonchev–Trinajstić information content (AvgIpc) is 3.25. The van der Waals surface area contributed by atoms with E-state index in [1.54, 1.807) is 18.4 Å². The Balaban J connectivity index is 1.63. The van der Waals surface area contributed by atoms with Crippen molar-refractivity contribution in [2.24, 2.45) is 0 Å². The summed E-state index contributed by atoms with van der Waals surface area (Å²) in [5.74, 6) is 0.897. The quantitative estimate of drug-likeness (QED) is 0.500. The van der Waals surface area contributed by atoms with Crippen LogP contribution in [0.25, 0.3) is 0 Å². The van der Waals surface area contributed by atoms with E-state index in [-0.39, 0.29) is 5.91 Å². The first-order valence-electron chi connectivity index (χ1n) is 9.88.